The van der Waals surface area contributed by atoms with Crippen LogP contribution in [0.2, 0.25) is 0 Å². The lowest BCUT2D eigenvalue weighted by molar-refractivity contribution is -0.138. The molecule has 1 atom stereocenters. The van der Waals surface area contributed by atoms with Gasteiger partial charge in [-0.3, -0.25) is 9.59 Å². The number of ketones is 1. The molecule has 3 N–H and O–H groups in total. The summed E-state index contributed by atoms with van der Waals surface area (Å²) in [6, 6.07) is 0. The van der Waals surface area contributed by atoms with Gasteiger partial charge < -0.3 is 15.3 Å². The summed E-state index contributed by atoms with van der Waals surface area (Å²) in [6.45, 7) is 0. The van der Waals surface area contributed by atoms with Crippen LogP contribution in [0, 0.1) is 0 Å². The number of Topliss-reactive ketones (excluding diaryl/α,β-unsaturated/α-hetero) is 1. The predicted octanol–water partition coefficient (Wildman–Crippen LogP) is 0.122. The molecule has 0 radical (unpaired) electrons. The molecular formula is C11H12O6. The zero-order valence-electron chi connectivity index (χ0n) is 8.92. The van der Waals surface area contributed by atoms with Crippen molar-refractivity contribution in [1.29, 1.82) is 0 Å². The zero-order valence-corrected chi connectivity index (χ0v) is 8.92. The summed E-state index contributed by atoms with van der Waals surface area (Å²) in [5, 5.41) is 26.8. The van der Waals surface area contributed by atoms with Crippen molar-refractivity contribution >= 4 is 17.7 Å². The Morgan fingerprint density at radius 2 is 1.88 bits per heavy atom. The van der Waals surface area contributed by atoms with Crippen LogP contribution in [0.4, 0.5) is 0 Å². The van der Waals surface area contributed by atoms with Crippen molar-refractivity contribution in [3.8, 4) is 0 Å². The molecule has 1 aliphatic rings. The van der Waals surface area contributed by atoms with Gasteiger partial charge >= 0.3 is 11.9 Å². The molecule has 6 nitrogen and oxygen atoms in total. The van der Waals surface area contributed by atoms with Gasteiger partial charge in [0, 0.05) is 12.0 Å². The number of carboxylic acid groups (broad SMARTS) is 2. The highest BCUT2D eigenvalue weighted by Gasteiger charge is 2.27. The molecule has 0 fully saturated rings. The summed E-state index contributed by atoms with van der Waals surface area (Å²) in [5.41, 5.74) is -0.472. The molecule has 0 aromatic rings. The smallest absolute Gasteiger partial charge is 0.334 e. The molecule has 1 aliphatic carbocycles. The number of carbonyl (C=O) groups excluding carboxylic acids is 1. The van der Waals surface area contributed by atoms with Crippen molar-refractivity contribution < 1.29 is 29.7 Å². The fourth-order valence-corrected chi connectivity index (χ4v) is 1.56. The molecule has 1 unspecified atom stereocenters. The highest BCUT2D eigenvalue weighted by Crippen LogP contribution is 2.22. The first-order chi connectivity index (χ1) is 7.93. The van der Waals surface area contributed by atoms with Gasteiger partial charge in [-0.15, -0.1) is 0 Å². The Morgan fingerprint density at radius 3 is 2.41 bits per heavy atom. The molecule has 0 spiro atoms. The first kappa shape index (κ1) is 13.1. The molecule has 0 aliphatic heterocycles. The van der Waals surface area contributed by atoms with E-state index in [-0.39, 0.29) is 30.4 Å². The van der Waals surface area contributed by atoms with Crippen molar-refractivity contribution in [2.24, 2.45) is 0 Å². The Balaban J connectivity index is 2.94. The van der Waals surface area contributed by atoms with E-state index in [0.717, 1.165) is 0 Å². The molecule has 0 aromatic carbocycles. The van der Waals surface area contributed by atoms with E-state index >= 15 is 0 Å². The minimum Gasteiger partial charge on any atom is -0.481 e. The lowest BCUT2D eigenvalue weighted by atomic mass is 9.91. The van der Waals surface area contributed by atoms with Gasteiger partial charge in [0.1, 0.15) is 0 Å². The first-order valence-electron chi connectivity index (χ1n) is 5.00. The summed E-state index contributed by atoms with van der Waals surface area (Å²) >= 11 is 0. The van der Waals surface area contributed by atoms with Crippen LogP contribution >= 0.6 is 0 Å². The van der Waals surface area contributed by atoms with Crippen molar-refractivity contribution in [3.05, 3.63) is 23.3 Å². The summed E-state index contributed by atoms with van der Waals surface area (Å²) in [7, 11) is 0. The Kier molecular flexibility index (Phi) is 4.17. The number of rotatable bonds is 5. The normalized spacial score (nSPS) is 19.2. The second-order valence-corrected chi connectivity index (χ2v) is 3.60. The number of hydrogen-bond donors (Lipinski definition) is 3. The average Bonchev–Trinajstić information content (AvgIpc) is 2.24. The molecule has 0 saturated heterocycles. The van der Waals surface area contributed by atoms with E-state index in [9.17, 15) is 19.5 Å². The Morgan fingerprint density at radius 1 is 1.24 bits per heavy atom. The van der Waals surface area contributed by atoms with Gasteiger partial charge in [-0.25, -0.2) is 4.79 Å². The topological polar surface area (TPSA) is 112 Å². The minimum atomic E-state index is -1.36. The van der Waals surface area contributed by atoms with E-state index in [1.54, 1.807) is 0 Å². The number of carbonyl (C=O) groups is 3. The number of aliphatic hydroxyl groups excluding tert-OH is 1. The monoisotopic (exact) mass is 240 g/mol. The standard InChI is InChI=1S/C11H12O6/c12-7(4-5-9(14)15)6-2-1-3-8(13)10(6)11(16)17/h1-2,8,13H,3-5H2,(H,14,15)(H,16,17). The molecule has 1 rings (SSSR count). The number of carboxylic acids is 2. The third kappa shape index (κ3) is 3.25. The lowest BCUT2D eigenvalue weighted by Crippen LogP contribution is -2.24. The molecule has 92 valence electrons. The van der Waals surface area contributed by atoms with Crippen molar-refractivity contribution in [3.63, 3.8) is 0 Å². The maximum atomic E-state index is 11.6. The zero-order chi connectivity index (χ0) is 13.0. The Hall–Kier alpha value is -1.95. The SMILES string of the molecule is O=C(O)CCC(=O)C1=C(C(=O)O)C(O)CC=C1. The van der Waals surface area contributed by atoms with E-state index in [1.165, 1.54) is 12.2 Å². The predicted molar refractivity (Wildman–Crippen MR) is 56.3 cm³/mol. The van der Waals surface area contributed by atoms with Gasteiger partial charge in [-0.2, -0.15) is 0 Å². The average molecular weight is 240 g/mol. The van der Waals surface area contributed by atoms with E-state index in [4.69, 9.17) is 10.2 Å². The van der Waals surface area contributed by atoms with Crippen LogP contribution < -0.4 is 0 Å². The Labute approximate surface area is 96.9 Å². The van der Waals surface area contributed by atoms with Crippen LogP contribution in [-0.4, -0.2) is 39.1 Å². The molecule has 0 saturated carbocycles. The number of aliphatic hydroxyl groups is 1. The van der Waals surface area contributed by atoms with Crippen LogP contribution in [-0.2, 0) is 14.4 Å². The first-order valence-corrected chi connectivity index (χ1v) is 5.00. The maximum Gasteiger partial charge on any atom is 0.334 e. The Bertz CT molecular complexity index is 418. The van der Waals surface area contributed by atoms with Crippen LogP contribution in [0.1, 0.15) is 19.3 Å². The van der Waals surface area contributed by atoms with Gasteiger partial charge in [-0.05, 0) is 6.42 Å². The van der Waals surface area contributed by atoms with Gasteiger partial charge in [0.15, 0.2) is 5.78 Å². The van der Waals surface area contributed by atoms with Gasteiger partial charge in [0.25, 0.3) is 0 Å². The molecule has 0 aromatic heterocycles. The molecule has 17 heavy (non-hydrogen) atoms. The molecule has 0 heterocycles. The van der Waals surface area contributed by atoms with Gasteiger partial charge in [0.2, 0.25) is 0 Å². The largest absolute Gasteiger partial charge is 0.481 e. The van der Waals surface area contributed by atoms with E-state index in [0.29, 0.717) is 0 Å². The highest BCUT2D eigenvalue weighted by atomic mass is 16.4. The van der Waals surface area contributed by atoms with E-state index in [2.05, 4.69) is 0 Å². The summed E-state index contributed by atoms with van der Waals surface area (Å²) in [4.78, 5) is 32.8. The number of allylic oxidation sites excluding steroid dienone is 2. The molecule has 6 heteroatoms. The van der Waals surface area contributed by atoms with Gasteiger partial charge in [-0.1, -0.05) is 12.2 Å². The fourth-order valence-electron chi connectivity index (χ4n) is 1.56. The van der Waals surface area contributed by atoms with E-state index in [1.807, 2.05) is 0 Å². The second kappa shape index (κ2) is 5.40. The quantitative estimate of drug-likeness (QED) is 0.629. The molecular weight excluding hydrogens is 228 g/mol. The highest BCUT2D eigenvalue weighted by molar-refractivity contribution is 6.06. The lowest BCUT2D eigenvalue weighted by Gasteiger charge is -2.17. The van der Waals surface area contributed by atoms with Gasteiger partial charge in [0.05, 0.1) is 18.1 Å². The fraction of sp³-hybridized carbons (Fsp3) is 0.364. The summed E-state index contributed by atoms with van der Waals surface area (Å²) in [5.74, 6) is -3.07. The third-order valence-electron chi connectivity index (χ3n) is 2.36. The third-order valence-corrected chi connectivity index (χ3v) is 2.36. The van der Waals surface area contributed by atoms with Crippen LogP contribution in [0.15, 0.2) is 23.3 Å². The number of aliphatic carboxylic acids is 2. The van der Waals surface area contributed by atoms with Crippen LogP contribution in [0.5, 0.6) is 0 Å². The molecule has 0 bridgehead atoms. The summed E-state index contributed by atoms with van der Waals surface area (Å²) in [6.07, 6.45) is 1.08. The summed E-state index contributed by atoms with van der Waals surface area (Å²) < 4.78 is 0. The van der Waals surface area contributed by atoms with Crippen LogP contribution in [0.25, 0.3) is 0 Å². The maximum absolute atomic E-state index is 11.6. The molecule has 0 amide bonds. The van der Waals surface area contributed by atoms with E-state index < -0.39 is 23.8 Å². The number of hydrogen-bond acceptors (Lipinski definition) is 4. The van der Waals surface area contributed by atoms with Crippen molar-refractivity contribution in [1.82, 2.24) is 0 Å². The van der Waals surface area contributed by atoms with Crippen molar-refractivity contribution in [2.45, 2.75) is 25.4 Å². The minimum absolute atomic E-state index is 0.113. The van der Waals surface area contributed by atoms with Crippen LogP contribution in [0.3, 0.4) is 0 Å². The second-order valence-electron chi connectivity index (χ2n) is 3.60. The van der Waals surface area contributed by atoms with Crippen molar-refractivity contribution in [2.75, 3.05) is 0 Å².